The number of halogens is 4. The molecule has 0 aromatic heterocycles. The van der Waals surface area contributed by atoms with Gasteiger partial charge in [-0.3, -0.25) is 9.59 Å². The van der Waals surface area contributed by atoms with Crippen LogP contribution in [-0.2, 0) is 4.79 Å². The van der Waals surface area contributed by atoms with Crippen molar-refractivity contribution in [2.75, 3.05) is 5.32 Å². The van der Waals surface area contributed by atoms with Crippen LogP contribution in [0.5, 0.6) is 0 Å². The number of thiol groups is 1. The predicted molar refractivity (Wildman–Crippen MR) is 102 cm³/mol. The average molecular weight is 429 g/mol. The number of carboxylic acids is 1. The lowest BCUT2D eigenvalue weighted by Crippen LogP contribution is -2.16. The molecule has 0 radical (unpaired) electrons. The van der Waals surface area contributed by atoms with Gasteiger partial charge < -0.3 is 10.4 Å². The minimum absolute atomic E-state index is 0.0289. The third kappa shape index (κ3) is 6.49. The van der Waals surface area contributed by atoms with Crippen LogP contribution < -0.4 is 5.32 Å². The molecular formula is C20H19F4NO3S. The van der Waals surface area contributed by atoms with Crippen molar-refractivity contribution in [3.8, 4) is 0 Å². The van der Waals surface area contributed by atoms with Crippen molar-refractivity contribution >= 4 is 30.2 Å². The molecule has 4 nitrogen and oxygen atoms in total. The van der Waals surface area contributed by atoms with Gasteiger partial charge in [-0.1, -0.05) is 19.3 Å². The lowest BCUT2D eigenvalue weighted by Gasteiger charge is -2.16. The topological polar surface area (TPSA) is 66.4 Å². The summed E-state index contributed by atoms with van der Waals surface area (Å²) in [5.41, 5.74) is -0.210. The number of benzene rings is 2. The number of hydrogen-bond donors (Lipinski definition) is 3. The van der Waals surface area contributed by atoms with Crippen LogP contribution >= 0.6 is 12.6 Å². The number of carbonyl (C=O) groups is 2. The number of aliphatic carboxylic acids is 1. The zero-order valence-corrected chi connectivity index (χ0v) is 16.1. The molecule has 0 heterocycles. The minimum atomic E-state index is -1.62. The molecule has 9 heteroatoms. The van der Waals surface area contributed by atoms with Crippen LogP contribution in [0.15, 0.2) is 35.2 Å². The lowest BCUT2D eigenvalue weighted by molar-refractivity contribution is -0.142. The normalized spacial score (nSPS) is 14.0. The molecule has 156 valence electrons. The van der Waals surface area contributed by atoms with Gasteiger partial charge in [-0.05, 0) is 31.0 Å². The molecule has 0 saturated heterocycles. The maximum atomic E-state index is 13.0. The average Bonchev–Trinajstić information content (AvgIpc) is 2.69. The second kappa shape index (κ2) is 10.3. The van der Waals surface area contributed by atoms with Crippen molar-refractivity contribution in [3.63, 3.8) is 0 Å². The number of carbonyl (C=O) groups excluding carboxylic acids is 1. The van der Waals surface area contributed by atoms with E-state index < -0.39 is 35.1 Å². The van der Waals surface area contributed by atoms with Gasteiger partial charge in [-0.15, -0.1) is 12.6 Å². The smallest absolute Gasteiger partial charge is 0.306 e. The highest BCUT2D eigenvalue weighted by Crippen LogP contribution is 2.23. The van der Waals surface area contributed by atoms with Crippen molar-refractivity contribution in [3.05, 3.63) is 59.2 Å². The van der Waals surface area contributed by atoms with E-state index in [4.69, 9.17) is 5.11 Å². The van der Waals surface area contributed by atoms with Gasteiger partial charge in [0.1, 0.15) is 5.82 Å². The molecule has 3 rings (SSSR count). The van der Waals surface area contributed by atoms with Gasteiger partial charge in [0, 0.05) is 28.3 Å². The number of rotatable bonds is 3. The molecule has 1 aliphatic rings. The second-order valence-electron chi connectivity index (χ2n) is 6.55. The Kier molecular flexibility index (Phi) is 8.07. The van der Waals surface area contributed by atoms with E-state index in [-0.39, 0.29) is 22.1 Å². The third-order valence-electron chi connectivity index (χ3n) is 4.40. The first-order valence-electron chi connectivity index (χ1n) is 8.86. The van der Waals surface area contributed by atoms with E-state index in [2.05, 4.69) is 17.9 Å². The molecule has 1 saturated carbocycles. The standard InChI is InChI=1S/C13H7F4NOS.C7H12O2/c14-8-2-1-6(3-11(8)20)13(19)18-7-4-9(15)12(17)10(16)5-7;8-7(9)6-4-2-1-3-5-6/h1-5,20H,(H,18,19);6H,1-5H2,(H,8,9). The Morgan fingerprint density at radius 1 is 0.931 bits per heavy atom. The molecule has 29 heavy (non-hydrogen) atoms. The predicted octanol–water partition coefficient (Wildman–Crippen LogP) is 5.44. The van der Waals surface area contributed by atoms with Crippen LogP contribution in [0.1, 0.15) is 42.5 Å². The molecule has 2 aromatic rings. The van der Waals surface area contributed by atoms with Gasteiger partial charge in [0.05, 0.1) is 5.92 Å². The second-order valence-corrected chi connectivity index (χ2v) is 7.03. The number of carboxylic acid groups (broad SMARTS) is 1. The Morgan fingerprint density at radius 2 is 1.52 bits per heavy atom. The largest absolute Gasteiger partial charge is 0.481 e. The summed E-state index contributed by atoms with van der Waals surface area (Å²) >= 11 is 3.81. The minimum Gasteiger partial charge on any atom is -0.481 e. The van der Waals surface area contributed by atoms with Gasteiger partial charge in [0.25, 0.3) is 5.91 Å². The summed E-state index contributed by atoms with van der Waals surface area (Å²) < 4.78 is 51.7. The first-order chi connectivity index (χ1) is 13.7. The number of amides is 1. The summed E-state index contributed by atoms with van der Waals surface area (Å²) in [7, 11) is 0. The molecule has 0 spiro atoms. The fraction of sp³-hybridized carbons (Fsp3) is 0.300. The highest BCUT2D eigenvalue weighted by molar-refractivity contribution is 7.80. The van der Waals surface area contributed by atoms with Gasteiger partial charge >= 0.3 is 5.97 Å². The van der Waals surface area contributed by atoms with Gasteiger partial charge in [0.15, 0.2) is 17.5 Å². The molecular weight excluding hydrogens is 410 g/mol. The Hall–Kier alpha value is -2.55. The highest BCUT2D eigenvalue weighted by Gasteiger charge is 2.19. The number of hydrogen-bond acceptors (Lipinski definition) is 3. The Morgan fingerprint density at radius 3 is 2.00 bits per heavy atom. The summed E-state index contributed by atoms with van der Waals surface area (Å²) in [6.45, 7) is 0. The van der Waals surface area contributed by atoms with Crippen molar-refractivity contribution in [2.24, 2.45) is 5.92 Å². The molecule has 1 aliphatic carbocycles. The van der Waals surface area contributed by atoms with E-state index >= 15 is 0 Å². The maximum Gasteiger partial charge on any atom is 0.306 e. The maximum absolute atomic E-state index is 13.0. The van der Waals surface area contributed by atoms with Crippen molar-refractivity contribution in [2.45, 2.75) is 37.0 Å². The molecule has 1 amide bonds. The molecule has 2 N–H and O–H groups in total. The summed E-state index contributed by atoms with van der Waals surface area (Å²) in [4.78, 5) is 22.1. The van der Waals surface area contributed by atoms with E-state index in [1.807, 2.05) is 0 Å². The van der Waals surface area contributed by atoms with Crippen LogP contribution in [0.3, 0.4) is 0 Å². The molecule has 0 aliphatic heterocycles. The van der Waals surface area contributed by atoms with Crippen LogP contribution in [0.4, 0.5) is 23.2 Å². The summed E-state index contributed by atoms with van der Waals surface area (Å²) in [5.74, 6) is -6.44. The fourth-order valence-corrected chi connectivity index (χ4v) is 3.05. The Bertz CT molecular complexity index is 878. The Labute approximate surface area is 170 Å². The van der Waals surface area contributed by atoms with Crippen LogP contribution in [0.2, 0.25) is 0 Å². The van der Waals surface area contributed by atoms with E-state index in [1.54, 1.807) is 0 Å². The Balaban J connectivity index is 0.000000278. The van der Waals surface area contributed by atoms with Crippen LogP contribution in [0.25, 0.3) is 0 Å². The van der Waals surface area contributed by atoms with Crippen molar-refractivity contribution in [1.82, 2.24) is 0 Å². The van der Waals surface area contributed by atoms with E-state index in [0.29, 0.717) is 12.1 Å². The molecule has 1 fully saturated rings. The third-order valence-corrected chi connectivity index (χ3v) is 4.75. The lowest BCUT2D eigenvalue weighted by atomic mass is 9.90. The summed E-state index contributed by atoms with van der Waals surface area (Å²) in [6, 6.07) is 4.65. The fourth-order valence-electron chi connectivity index (χ4n) is 2.83. The van der Waals surface area contributed by atoms with Gasteiger partial charge in [0.2, 0.25) is 0 Å². The molecule has 0 unspecified atom stereocenters. The summed E-state index contributed by atoms with van der Waals surface area (Å²) in [6.07, 6.45) is 5.24. The first-order valence-corrected chi connectivity index (χ1v) is 9.31. The number of anilines is 1. The SMILES string of the molecule is O=C(Nc1cc(F)c(F)c(F)c1)c1ccc(F)c(S)c1.O=C(O)C1CCCCC1. The van der Waals surface area contributed by atoms with E-state index in [1.165, 1.54) is 12.5 Å². The summed E-state index contributed by atoms with van der Waals surface area (Å²) in [5, 5.41) is 10.7. The monoisotopic (exact) mass is 429 g/mol. The van der Waals surface area contributed by atoms with Gasteiger partial charge in [-0.2, -0.15) is 0 Å². The first kappa shape index (κ1) is 22.7. The van der Waals surface area contributed by atoms with Crippen LogP contribution in [0, 0.1) is 29.2 Å². The van der Waals surface area contributed by atoms with E-state index in [0.717, 1.165) is 37.8 Å². The zero-order chi connectivity index (χ0) is 21.6. The zero-order valence-electron chi connectivity index (χ0n) is 15.2. The number of nitrogens with one attached hydrogen (secondary N) is 1. The van der Waals surface area contributed by atoms with Crippen molar-refractivity contribution in [1.29, 1.82) is 0 Å². The van der Waals surface area contributed by atoms with E-state index in [9.17, 15) is 27.2 Å². The van der Waals surface area contributed by atoms with Crippen LogP contribution in [-0.4, -0.2) is 17.0 Å². The quantitative estimate of drug-likeness (QED) is 0.346. The molecule has 0 atom stereocenters. The van der Waals surface area contributed by atoms with Gasteiger partial charge in [-0.25, -0.2) is 17.6 Å². The molecule has 2 aromatic carbocycles. The van der Waals surface area contributed by atoms with Crippen molar-refractivity contribution < 1.29 is 32.3 Å². The highest BCUT2D eigenvalue weighted by atomic mass is 32.1. The molecule has 0 bridgehead atoms.